The molecule has 5 nitrogen and oxygen atoms in total. The van der Waals surface area contributed by atoms with Crippen LogP contribution in [0.25, 0.3) is 0 Å². The Morgan fingerprint density at radius 2 is 1.86 bits per heavy atom. The molecule has 1 aliphatic carbocycles. The summed E-state index contributed by atoms with van der Waals surface area (Å²) in [5.74, 6) is 0.913. The fourth-order valence-corrected chi connectivity index (χ4v) is 4.10. The van der Waals surface area contributed by atoms with Crippen molar-refractivity contribution in [3.63, 3.8) is 0 Å². The van der Waals surface area contributed by atoms with Gasteiger partial charge in [-0.1, -0.05) is 45.1 Å². The van der Waals surface area contributed by atoms with Crippen LogP contribution in [0.15, 0.2) is 36.4 Å². The Kier molecular flexibility index (Phi) is 6.90. The topological polar surface area (TPSA) is 59.0 Å². The van der Waals surface area contributed by atoms with Crippen LogP contribution in [0.5, 0.6) is 5.75 Å². The van der Waals surface area contributed by atoms with Gasteiger partial charge in [-0.2, -0.15) is 5.06 Å². The number of hydrogen-bond acceptors (Lipinski definition) is 4. The number of benzene rings is 1. The zero-order chi connectivity index (χ0) is 22.0. The van der Waals surface area contributed by atoms with Crippen LogP contribution in [0.3, 0.4) is 0 Å². The van der Waals surface area contributed by atoms with E-state index in [1.165, 1.54) is 0 Å². The molecule has 2 atom stereocenters. The minimum absolute atomic E-state index is 0.0237. The van der Waals surface area contributed by atoms with Gasteiger partial charge >= 0.3 is 6.09 Å². The average molecular weight is 420 g/mol. The smallest absolute Gasteiger partial charge is 0.434 e. The molecule has 0 saturated heterocycles. The van der Waals surface area contributed by atoms with E-state index in [0.717, 1.165) is 22.8 Å². The molecule has 1 N–H and O–H groups in total. The molecule has 6 heteroatoms. The van der Waals surface area contributed by atoms with Crippen LogP contribution in [0.4, 0.5) is 4.79 Å². The van der Waals surface area contributed by atoms with E-state index in [9.17, 15) is 10.0 Å². The molecule has 1 amide bonds. The Morgan fingerprint density at radius 3 is 2.45 bits per heavy atom. The third-order valence-electron chi connectivity index (χ3n) is 5.70. The molecule has 2 rings (SSSR count). The van der Waals surface area contributed by atoms with Crippen molar-refractivity contribution in [3.05, 3.63) is 42.0 Å². The van der Waals surface area contributed by atoms with Crippen molar-refractivity contribution in [1.29, 1.82) is 0 Å². The molecule has 0 unspecified atom stereocenters. The molecule has 1 aliphatic rings. The summed E-state index contributed by atoms with van der Waals surface area (Å²) in [6.45, 7) is 16.5. The van der Waals surface area contributed by atoms with Gasteiger partial charge in [0.1, 0.15) is 11.4 Å². The predicted molar refractivity (Wildman–Crippen MR) is 119 cm³/mol. The first-order chi connectivity index (χ1) is 13.2. The Balaban J connectivity index is 2.09. The molecule has 0 aromatic heterocycles. The van der Waals surface area contributed by atoms with Gasteiger partial charge in [0.05, 0.1) is 6.04 Å². The summed E-state index contributed by atoms with van der Waals surface area (Å²) in [5.41, 5.74) is 0.481. The maximum absolute atomic E-state index is 12.3. The molecule has 29 heavy (non-hydrogen) atoms. The summed E-state index contributed by atoms with van der Waals surface area (Å²) in [6, 6.07) is 7.84. The number of nitrogens with zero attached hydrogens (tertiary/aromatic N) is 1. The average Bonchev–Trinajstić information content (AvgIpc) is 2.99. The monoisotopic (exact) mass is 419 g/mol. The summed E-state index contributed by atoms with van der Waals surface area (Å²) in [4.78, 5) is 12.3. The summed E-state index contributed by atoms with van der Waals surface area (Å²) in [5, 5.41) is 11.3. The number of ether oxygens (including phenoxy) is 1. The number of carbonyl (C=O) groups is 1. The molecule has 0 heterocycles. The van der Waals surface area contributed by atoms with E-state index in [4.69, 9.17) is 9.16 Å². The maximum atomic E-state index is 12.3. The van der Waals surface area contributed by atoms with Gasteiger partial charge in [-0.25, -0.2) is 4.79 Å². The standard InChI is InChI=1S/C23H37NO4Si/c1-22(2,3)27-21(25)24(26)20-14-10-12-18(20)15-17-11-9-13-19(16-17)28-29(7,8)23(4,5)6/h9-13,16,18,20,26H,14-15H2,1-8H3/t18-,20+/m1/s1. The van der Waals surface area contributed by atoms with E-state index < -0.39 is 20.0 Å². The van der Waals surface area contributed by atoms with E-state index >= 15 is 0 Å². The van der Waals surface area contributed by atoms with Gasteiger partial charge in [-0.05, 0) is 69.4 Å². The highest BCUT2D eigenvalue weighted by molar-refractivity contribution is 6.74. The van der Waals surface area contributed by atoms with Gasteiger partial charge in [0.2, 0.25) is 8.32 Å². The van der Waals surface area contributed by atoms with Crippen LogP contribution in [0.2, 0.25) is 18.1 Å². The molecule has 1 aromatic rings. The van der Waals surface area contributed by atoms with Crippen LogP contribution in [-0.2, 0) is 11.2 Å². The van der Waals surface area contributed by atoms with E-state index in [2.05, 4.69) is 52.1 Å². The van der Waals surface area contributed by atoms with Crippen molar-refractivity contribution >= 4 is 14.4 Å². The lowest BCUT2D eigenvalue weighted by molar-refractivity contribution is -0.125. The van der Waals surface area contributed by atoms with E-state index in [1.54, 1.807) is 20.8 Å². The molecule has 0 saturated carbocycles. The molecule has 0 radical (unpaired) electrons. The lowest BCUT2D eigenvalue weighted by Crippen LogP contribution is -2.44. The van der Waals surface area contributed by atoms with Crippen molar-refractivity contribution in [2.24, 2.45) is 5.92 Å². The number of hydrogen-bond donors (Lipinski definition) is 1. The highest BCUT2D eigenvalue weighted by atomic mass is 28.4. The highest BCUT2D eigenvalue weighted by Crippen LogP contribution is 2.37. The summed E-state index contributed by atoms with van der Waals surface area (Å²) in [7, 11) is -1.91. The van der Waals surface area contributed by atoms with Crippen molar-refractivity contribution in [1.82, 2.24) is 5.06 Å². The van der Waals surface area contributed by atoms with Gasteiger partial charge in [0.25, 0.3) is 0 Å². The van der Waals surface area contributed by atoms with Crippen molar-refractivity contribution in [2.45, 2.75) is 84.2 Å². The van der Waals surface area contributed by atoms with Crippen molar-refractivity contribution in [3.8, 4) is 5.75 Å². The number of hydroxylamine groups is 2. The normalized spacial score (nSPS) is 19.9. The van der Waals surface area contributed by atoms with Crippen LogP contribution in [0, 0.1) is 5.92 Å². The Hall–Kier alpha value is -1.79. The largest absolute Gasteiger partial charge is 0.543 e. The van der Waals surface area contributed by atoms with Gasteiger partial charge < -0.3 is 9.16 Å². The molecular weight excluding hydrogens is 382 g/mol. The van der Waals surface area contributed by atoms with Gasteiger partial charge in [-0.15, -0.1) is 0 Å². The minimum atomic E-state index is -1.91. The molecule has 0 spiro atoms. The second-order valence-electron chi connectivity index (χ2n) is 10.4. The van der Waals surface area contributed by atoms with Crippen molar-refractivity contribution in [2.75, 3.05) is 0 Å². The lowest BCUT2D eigenvalue weighted by atomic mass is 9.95. The second kappa shape index (κ2) is 8.52. The van der Waals surface area contributed by atoms with Gasteiger partial charge in [0, 0.05) is 5.92 Å². The van der Waals surface area contributed by atoms with Crippen LogP contribution < -0.4 is 4.43 Å². The van der Waals surface area contributed by atoms with Crippen molar-refractivity contribution < 1.29 is 19.2 Å². The van der Waals surface area contributed by atoms with E-state index in [-0.39, 0.29) is 17.0 Å². The van der Waals surface area contributed by atoms with Crippen LogP contribution in [-0.4, -0.2) is 36.3 Å². The molecule has 0 bridgehead atoms. The first-order valence-electron chi connectivity index (χ1n) is 10.4. The minimum Gasteiger partial charge on any atom is -0.543 e. The zero-order valence-electron chi connectivity index (χ0n) is 19.2. The Labute approximate surface area is 176 Å². The first kappa shape index (κ1) is 23.5. The quantitative estimate of drug-likeness (QED) is 0.268. The second-order valence-corrected chi connectivity index (χ2v) is 15.2. The lowest BCUT2D eigenvalue weighted by Gasteiger charge is -2.36. The molecule has 0 aliphatic heterocycles. The molecule has 0 fully saturated rings. The summed E-state index contributed by atoms with van der Waals surface area (Å²) < 4.78 is 11.7. The van der Waals surface area contributed by atoms with Crippen LogP contribution >= 0.6 is 0 Å². The Morgan fingerprint density at radius 1 is 1.21 bits per heavy atom. The molecular formula is C23H37NO4Si. The maximum Gasteiger partial charge on any atom is 0.434 e. The number of rotatable bonds is 5. The molecule has 162 valence electrons. The fraction of sp³-hybridized carbons (Fsp3) is 0.609. The van der Waals surface area contributed by atoms with E-state index in [0.29, 0.717) is 6.42 Å². The highest BCUT2D eigenvalue weighted by Gasteiger charge is 2.39. The summed E-state index contributed by atoms with van der Waals surface area (Å²) in [6.07, 6.45) is 4.71. The fourth-order valence-electron chi connectivity index (χ4n) is 3.08. The Bertz CT molecular complexity index is 746. The van der Waals surface area contributed by atoms with Crippen LogP contribution in [0.1, 0.15) is 53.5 Å². The van der Waals surface area contributed by atoms with E-state index in [1.807, 2.05) is 18.2 Å². The number of carbonyl (C=O) groups excluding carboxylic acids is 1. The molecule has 1 aromatic carbocycles. The first-order valence-corrected chi connectivity index (χ1v) is 13.3. The number of amides is 1. The third-order valence-corrected chi connectivity index (χ3v) is 10.1. The van der Waals surface area contributed by atoms with Gasteiger partial charge in [0.15, 0.2) is 0 Å². The van der Waals surface area contributed by atoms with Gasteiger partial charge in [-0.3, -0.25) is 5.21 Å². The zero-order valence-corrected chi connectivity index (χ0v) is 20.2. The third kappa shape index (κ3) is 6.34. The predicted octanol–water partition coefficient (Wildman–Crippen LogP) is 6.18. The SMILES string of the molecule is CC(C)(C)OC(=O)N(O)[C@H]1CC=C[C@@H]1Cc1cccc(O[Si](C)(C)C(C)(C)C)c1. The summed E-state index contributed by atoms with van der Waals surface area (Å²) >= 11 is 0.